The van der Waals surface area contributed by atoms with Crippen LogP contribution in [0, 0.1) is 17.8 Å². The van der Waals surface area contributed by atoms with Gasteiger partial charge in [-0.25, -0.2) is 0 Å². The Morgan fingerprint density at radius 1 is 1.30 bits per heavy atom. The number of hydrogen-bond acceptors (Lipinski definition) is 6. The van der Waals surface area contributed by atoms with Crippen LogP contribution in [-0.4, -0.2) is 80.6 Å². The van der Waals surface area contributed by atoms with Crippen LogP contribution in [-0.2, 0) is 19.1 Å². The molecular weight excluding hydrogens is 440 g/mol. The molecule has 3 fully saturated rings. The van der Waals surface area contributed by atoms with Gasteiger partial charge in [-0.3, -0.25) is 14.4 Å². The van der Waals surface area contributed by atoms with Crippen molar-refractivity contribution < 1.29 is 24.2 Å². The molecular formula is C25H38N2O5S. The standard InChI is InChI=1S/C25H38N2O5S/c1-7-9-13-32-24(31)19-18-10-11-25(33-18)20(19)22(29)27(17(14-28)15(3)4)21(25)23(30)26(12-8-2)16(5)6/h7-8,15-21,28H,1-2,9-14H2,3-6H3/t17-,18+,19-,20-,21?,25?/m0/s1. The van der Waals surface area contributed by atoms with Gasteiger partial charge in [0.05, 0.1) is 35.8 Å². The van der Waals surface area contributed by atoms with Gasteiger partial charge in [-0.15, -0.1) is 24.9 Å². The minimum Gasteiger partial charge on any atom is -0.465 e. The molecule has 7 nitrogen and oxygen atoms in total. The van der Waals surface area contributed by atoms with Gasteiger partial charge in [-0.1, -0.05) is 26.0 Å². The number of likely N-dealkylation sites (tertiary alicyclic amines) is 1. The van der Waals surface area contributed by atoms with Crippen molar-refractivity contribution in [3.05, 3.63) is 25.3 Å². The number of carbonyl (C=O) groups is 3. The van der Waals surface area contributed by atoms with Gasteiger partial charge < -0.3 is 19.6 Å². The molecule has 1 N–H and O–H groups in total. The van der Waals surface area contributed by atoms with E-state index in [2.05, 4.69) is 13.2 Å². The average Bonchev–Trinajstić information content (AvgIpc) is 3.40. The smallest absolute Gasteiger partial charge is 0.310 e. The molecule has 2 unspecified atom stereocenters. The molecule has 2 bridgehead atoms. The Morgan fingerprint density at radius 3 is 2.55 bits per heavy atom. The van der Waals surface area contributed by atoms with Crippen molar-refractivity contribution in [3.63, 3.8) is 0 Å². The summed E-state index contributed by atoms with van der Waals surface area (Å²) in [6, 6.07) is -1.29. The number of aliphatic hydroxyl groups is 1. The molecule has 1 spiro atoms. The number of hydrogen-bond donors (Lipinski definition) is 1. The molecule has 3 aliphatic rings. The molecule has 0 aliphatic carbocycles. The van der Waals surface area contributed by atoms with Gasteiger partial charge in [0.25, 0.3) is 0 Å². The molecule has 6 atom stereocenters. The SMILES string of the molecule is C=CCCOC(=O)[C@@H]1[C@H]2C(=O)N([C@@H](CO)C(C)C)C(C(=O)N(CC=C)C(C)C)C23CC[C@H]1S3. The first-order valence-corrected chi connectivity index (χ1v) is 12.8. The van der Waals surface area contributed by atoms with Gasteiger partial charge in [0.15, 0.2) is 0 Å². The molecule has 3 saturated heterocycles. The number of fused-ring (bicyclic) bond motifs is 1. The Bertz CT molecular complexity index is 800. The predicted molar refractivity (Wildman–Crippen MR) is 129 cm³/mol. The van der Waals surface area contributed by atoms with Crippen molar-refractivity contribution in [2.45, 2.75) is 75.1 Å². The van der Waals surface area contributed by atoms with E-state index in [9.17, 15) is 19.5 Å². The molecule has 0 aromatic rings. The Labute approximate surface area is 201 Å². The molecule has 0 aromatic heterocycles. The lowest BCUT2D eigenvalue weighted by molar-refractivity contribution is -0.154. The van der Waals surface area contributed by atoms with E-state index in [0.717, 1.165) is 6.42 Å². The summed E-state index contributed by atoms with van der Waals surface area (Å²) in [6.07, 6.45) is 5.40. The number of aliphatic hydroxyl groups excluding tert-OH is 1. The van der Waals surface area contributed by atoms with E-state index in [4.69, 9.17) is 4.74 Å². The van der Waals surface area contributed by atoms with Gasteiger partial charge in [-0.05, 0) is 39.0 Å². The second-order valence-corrected chi connectivity index (χ2v) is 11.5. The summed E-state index contributed by atoms with van der Waals surface area (Å²) < 4.78 is 4.83. The highest BCUT2D eigenvalue weighted by Gasteiger charge is 2.75. The largest absolute Gasteiger partial charge is 0.465 e. The van der Waals surface area contributed by atoms with Crippen LogP contribution in [0.25, 0.3) is 0 Å². The van der Waals surface area contributed by atoms with Crippen LogP contribution in [0.1, 0.15) is 47.0 Å². The second-order valence-electron chi connectivity index (χ2n) is 9.91. The number of amides is 2. The number of nitrogens with zero attached hydrogens (tertiary/aromatic N) is 2. The summed E-state index contributed by atoms with van der Waals surface area (Å²) in [7, 11) is 0. The van der Waals surface area contributed by atoms with Crippen LogP contribution < -0.4 is 0 Å². The number of carbonyl (C=O) groups excluding carboxylic acids is 3. The van der Waals surface area contributed by atoms with Crippen LogP contribution in [0.4, 0.5) is 0 Å². The third-order valence-corrected chi connectivity index (χ3v) is 9.31. The van der Waals surface area contributed by atoms with E-state index in [1.807, 2.05) is 27.7 Å². The number of thioether (sulfide) groups is 1. The van der Waals surface area contributed by atoms with Crippen molar-refractivity contribution in [1.29, 1.82) is 0 Å². The Morgan fingerprint density at radius 2 is 2.00 bits per heavy atom. The van der Waals surface area contributed by atoms with E-state index >= 15 is 0 Å². The number of esters is 1. The maximum Gasteiger partial charge on any atom is 0.310 e. The quantitative estimate of drug-likeness (QED) is 0.279. The minimum atomic E-state index is -0.724. The van der Waals surface area contributed by atoms with Crippen molar-refractivity contribution in [2.24, 2.45) is 17.8 Å². The maximum atomic E-state index is 14.1. The number of rotatable bonds is 11. The fourth-order valence-corrected chi connectivity index (χ4v) is 7.99. The van der Waals surface area contributed by atoms with Crippen LogP contribution in [0.2, 0.25) is 0 Å². The van der Waals surface area contributed by atoms with Crippen LogP contribution in [0.3, 0.4) is 0 Å². The highest BCUT2D eigenvalue weighted by Crippen LogP contribution is 2.67. The zero-order valence-electron chi connectivity index (χ0n) is 20.2. The van der Waals surface area contributed by atoms with E-state index in [1.54, 1.807) is 33.7 Å². The zero-order chi connectivity index (χ0) is 24.5. The predicted octanol–water partition coefficient (Wildman–Crippen LogP) is 2.64. The molecule has 0 radical (unpaired) electrons. The molecule has 33 heavy (non-hydrogen) atoms. The third-order valence-electron chi connectivity index (χ3n) is 7.36. The van der Waals surface area contributed by atoms with Crippen molar-refractivity contribution in [1.82, 2.24) is 9.80 Å². The van der Waals surface area contributed by atoms with Crippen molar-refractivity contribution >= 4 is 29.5 Å². The van der Waals surface area contributed by atoms with E-state index < -0.39 is 28.7 Å². The molecule has 2 amide bonds. The lowest BCUT2D eigenvalue weighted by Crippen LogP contribution is -2.59. The monoisotopic (exact) mass is 478 g/mol. The average molecular weight is 479 g/mol. The highest BCUT2D eigenvalue weighted by atomic mass is 32.2. The molecule has 3 rings (SSSR count). The van der Waals surface area contributed by atoms with Crippen molar-refractivity contribution in [2.75, 3.05) is 19.8 Å². The van der Waals surface area contributed by atoms with Gasteiger partial charge in [0.2, 0.25) is 11.8 Å². The molecule has 0 aromatic carbocycles. The summed E-state index contributed by atoms with van der Waals surface area (Å²) in [5, 5.41) is 10.2. The molecule has 3 heterocycles. The summed E-state index contributed by atoms with van der Waals surface area (Å²) in [4.78, 5) is 44.5. The van der Waals surface area contributed by atoms with Gasteiger partial charge in [0.1, 0.15) is 6.04 Å². The van der Waals surface area contributed by atoms with Gasteiger partial charge >= 0.3 is 5.97 Å². The first-order valence-electron chi connectivity index (χ1n) is 12.0. The molecule has 184 valence electrons. The first kappa shape index (κ1) is 25.8. The fraction of sp³-hybridized carbons (Fsp3) is 0.720. The molecule has 3 aliphatic heterocycles. The maximum absolute atomic E-state index is 14.1. The normalized spacial score (nSPS) is 31.1. The highest BCUT2D eigenvalue weighted by molar-refractivity contribution is 8.02. The van der Waals surface area contributed by atoms with E-state index in [1.165, 1.54) is 0 Å². The molecule has 0 saturated carbocycles. The lowest BCUT2D eigenvalue weighted by atomic mass is 9.71. The summed E-state index contributed by atoms with van der Waals surface area (Å²) in [6.45, 7) is 15.6. The zero-order valence-corrected chi connectivity index (χ0v) is 21.1. The van der Waals surface area contributed by atoms with E-state index in [0.29, 0.717) is 19.4 Å². The van der Waals surface area contributed by atoms with Gasteiger partial charge in [-0.2, -0.15) is 0 Å². The fourth-order valence-electron chi connectivity index (χ4n) is 5.81. The molecule has 8 heteroatoms. The van der Waals surface area contributed by atoms with E-state index in [-0.39, 0.29) is 48.2 Å². The van der Waals surface area contributed by atoms with Gasteiger partial charge in [0, 0.05) is 17.8 Å². The van der Waals surface area contributed by atoms with Crippen LogP contribution in [0.15, 0.2) is 25.3 Å². The Balaban J connectivity index is 2.06. The second kappa shape index (κ2) is 10.2. The van der Waals surface area contributed by atoms with Crippen LogP contribution in [0.5, 0.6) is 0 Å². The van der Waals surface area contributed by atoms with Crippen LogP contribution >= 0.6 is 11.8 Å². The minimum absolute atomic E-state index is 0.0360. The summed E-state index contributed by atoms with van der Waals surface area (Å²) in [5.74, 6) is -1.93. The Kier molecular flexibility index (Phi) is 7.99. The first-order chi connectivity index (χ1) is 15.7. The lowest BCUT2D eigenvalue weighted by Gasteiger charge is -2.41. The third kappa shape index (κ3) is 4.25. The summed E-state index contributed by atoms with van der Waals surface area (Å²) in [5.41, 5.74) is 0. The summed E-state index contributed by atoms with van der Waals surface area (Å²) >= 11 is 1.62. The van der Waals surface area contributed by atoms with Crippen molar-refractivity contribution in [3.8, 4) is 0 Å². The Hall–Kier alpha value is -1.80. The number of ether oxygens (including phenoxy) is 1. The topological polar surface area (TPSA) is 87.1 Å².